The number of aryl methyl sites for hydroxylation is 2. The molecule has 3 rings (SSSR count). The lowest BCUT2D eigenvalue weighted by molar-refractivity contribution is 0.756. The van der Waals surface area contributed by atoms with Crippen LogP contribution in [0.4, 0.5) is 0 Å². The third-order valence-corrected chi connectivity index (χ3v) is 5.17. The summed E-state index contributed by atoms with van der Waals surface area (Å²) < 4.78 is 3.12. The number of fused-ring (bicyclic) bond motifs is 1. The highest BCUT2D eigenvalue weighted by Crippen LogP contribution is 2.23. The fourth-order valence-electron chi connectivity index (χ4n) is 2.33. The zero-order chi connectivity index (χ0) is 14.8. The summed E-state index contributed by atoms with van der Waals surface area (Å²) in [5.74, 6) is 1.56. The number of alkyl halides is 1. The smallest absolute Gasteiger partial charge is 0.160 e. The van der Waals surface area contributed by atoms with Crippen molar-refractivity contribution in [3.05, 3.63) is 44.4 Å². The molecule has 0 saturated heterocycles. The third kappa shape index (κ3) is 3.15. The predicted molar refractivity (Wildman–Crippen MR) is 92.5 cm³/mol. The number of halogens is 2. The van der Waals surface area contributed by atoms with Crippen LogP contribution in [0, 0.1) is 0 Å². The van der Waals surface area contributed by atoms with Crippen molar-refractivity contribution in [1.82, 2.24) is 14.5 Å². The van der Waals surface area contributed by atoms with Crippen LogP contribution in [-0.2, 0) is 19.4 Å². The van der Waals surface area contributed by atoms with Crippen LogP contribution in [0.5, 0.6) is 0 Å². The third-order valence-electron chi connectivity index (χ3n) is 3.33. The first-order valence-corrected chi connectivity index (χ1v) is 9.00. The lowest BCUT2D eigenvalue weighted by Crippen LogP contribution is -2.05. The second kappa shape index (κ2) is 6.46. The van der Waals surface area contributed by atoms with Crippen LogP contribution < -0.4 is 0 Å². The van der Waals surface area contributed by atoms with Crippen LogP contribution in [0.2, 0.25) is 0 Å². The minimum atomic E-state index is 0.565. The Balaban J connectivity index is 2.03. The van der Waals surface area contributed by atoms with Gasteiger partial charge >= 0.3 is 0 Å². The largest absolute Gasteiger partial charge is 0.307 e. The molecule has 0 aromatic carbocycles. The van der Waals surface area contributed by atoms with E-state index in [0.29, 0.717) is 5.88 Å². The van der Waals surface area contributed by atoms with Gasteiger partial charge in [-0.05, 0) is 40.5 Å². The Kier molecular flexibility index (Phi) is 4.62. The second-order valence-corrected chi connectivity index (χ2v) is 7.32. The molecule has 0 fully saturated rings. The lowest BCUT2D eigenvalue weighted by Gasteiger charge is -2.06. The number of thiophene rings is 1. The molecule has 3 nitrogen and oxygen atoms in total. The van der Waals surface area contributed by atoms with E-state index in [9.17, 15) is 0 Å². The molecule has 3 heterocycles. The summed E-state index contributed by atoms with van der Waals surface area (Å²) in [7, 11) is 0. The Labute approximate surface area is 141 Å². The monoisotopic (exact) mass is 383 g/mol. The molecule has 0 unspecified atom stereocenters. The van der Waals surface area contributed by atoms with Crippen molar-refractivity contribution >= 4 is 50.0 Å². The van der Waals surface area contributed by atoms with Crippen molar-refractivity contribution in [2.75, 3.05) is 5.88 Å². The number of hydrogen-bond donors (Lipinski definition) is 0. The van der Waals surface area contributed by atoms with Gasteiger partial charge in [-0.3, -0.25) is 0 Å². The first-order chi connectivity index (χ1) is 10.2. The summed E-state index contributed by atoms with van der Waals surface area (Å²) >= 11 is 11.2. The molecule has 0 aliphatic carbocycles. The molecule has 0 N–H and O–H groups in total. The number of aromatic nitrogens is 3. The Bertz CT molecular complexity index is 765. The topological polar surface area (TPSA) is 30.7 Å². The maximum Gasteiger partial charge on any atom is 0.160 e. The molecular formula is C15H15BrClN3S. The summed E-state index contributed by atoms with van der Waals surface area (Å²) in [6, 6.07) is 6.39. The number of rotatable bonds is 5. The molecule has 21 heavy (non-hydrogen) atoms. The van der Waals surface area contributed by atoms with Crippen molar-refractivity contribution in [3.63, 3.8) is 0 Å². The maximum atomic E-state index is 5.92. The molecule has 6 heteroatoms. The second-order valence-electron chi connectivity index (χ2n) is 4.77. The van der Waals surface area contributed by atoms with E-state index in [2.05, 4.69) is 49.5 Å². The van der Waals surface area contributed by atoms with E-state index in [1.165, 1.54) is 9.75 Å². The van der Waals surface area contributed by atoms with Gasteiger partial charge in [0.15, 0.2) is 5.65 Å². The van der Waals surface area contributed by atoms with E-state index in [-0.39, 0.29) is 0 Å². The highest BCUT2D eigenvalue weighted by molar-refractivity contribution is 9.10. The predicted octanol–water partition coefficient (Wildman–Crippen LogP) is 4.65. The van der Waals surface area contributed by atoms with Gasteiger partial charge < -0.3 is 4.57 Å². The number of imidazole rings is 1. The highest BCUT2D eigenvalue weighted by Gasteiger charge is 2.13. The van der Waals surface area contributed by atoms with Crippen molar-refractivity contribution in [3.8, 4) is 0 Å². The Morgan fingerprint density at radius 2 is 2.14 bits per heavy atom. The van der Waals surface area contributed by atoms with Gasteiger partial charge in [-0.1, -0.05) is 6.92 Å². The Morgan fingerprint density at radius 1 is 1.33 bits per heavy atom. The normalized spacial score (nSPS) is 11.4. The van der Waals surface area contributed by atoms with E-state index in [4.69, 9.17) is 11.6 Å². The lowest BCUT2D eigenvalue weighted by atomic mass is 10.3. The fourth-order valence-corrected chi connectivity index (χ4v) is 3.76. The van der Waals surface area contributed by atoms with Crippen LogP contribution in [-0.4, -0.2) is 20.4 Å². The maximum absolute atomic E-state index is 5.92. The van der Waals surface area contributed by atoms with E-state index < -0.39 is 0 Å². The first kappa shape index (κ1) is 15.0. The standard InChI is InChI=1S/C15H15BrClN3S/c1-2-11-3-4-12(21-11)9-20-14(5-6-17)19-13-7-10(16)8-18-15(13)20/h3-4,7-8H,2,5-6,9H2,1H3. The summed E-state index contributed by atoms with van der Waals surface area (Å²) in [4.78, 5) is 11.9. The van der Waals surface area contributed by atoms with Crippen molar-refractivity contribution in [2.45, 2.75) is 26.3 Å². The van der Waals surface area contributed by atoms with E-state index in [1.54, 1.807) is 0 Å². The van der Waals surface area contributed by atoms with Crippen LogP contribution in [0.15, 0.2) is 28.9 Å². The number of hydrogen-bond acceptors (Lipinski definition) is 3. The molecule has 0 spiro atoms. The Morgan fingerprint density at radius 3 is 2.86 bits per heavy atom. The van der Waals surface area contributed by atoms with E-state index in [0.717, 1.165) is 40.8 Å². The summed E-state index contributed by atoms with van der Waals surface area (Å²) in [5, 5.41) is 0. The van der Waals surface area contributed by atoms with Gasteiger partial charge in [-0.15, -0.1) is 22.9 Å². The molecule has 0 aliphatic rings. The van der Waals surface area contributed by atoms with Crippen LogP contribution >= 0.6 is 38.9 Å². The number of nitrogens with zero attached hydrogens (tertiary/aromatic N) is 3. The van der Waals surface area contributed by atoms with Gasteiger partial charge in [0.2, 0.25) is 0 Å². The number of pyridine rings is 1. The molecule has 110 valence electrons. The molecule has 3 aromatic heterocycles. The summed E-state index contributed by atoms with van der Waals surface area (Å²) in [6.45, 7) is 2.99. The van der Waals surface area contributed by atoms with Crippen LogP contribution in [0.25, 0.3) is 11.2 Å². The summed E-state index contributed by atoms with van der Waals surface area (Å²) in [5.41, 5.74) is 1.83. The van der Waals surface area contributed by atoms with E-state index in [1.807, 2.05) is 23.6 Å². The minimum Gasteiger partial charge on any atom is -0.307 e. The summed E-state index contributed by atoms with van der Waals surface area (Å²) in [6.07, 6.45) is 3.65. The molecule has 3 aromatic rings. The average Bonchev–Trinajstić information content (AvgIpc) is 3.05. The zero-order valence-electron chi connectivity index (χ0n) is 11.6. The van der Waals surface area contributed by atoms with Gasteiger partial charge in [-0.2, -0.15) is 0 Å². The molecule has 0 aliphatic heterocycles. The molecule has 0 radical (unpaired) electrons. The average molecular weight is 385 g/mol. The molecule has 0 atom stereocenters. The SMILES string of the molecule is CCc1ccc(Cn2c(CCCl)nc3cc(Br)cnc32)s1. The quantitative estimate of drug-likeness (QED) is 0.600. The van der Waals surface area contributed by atoms with E-state index >= 15 is 0 Å². The molecule has 0 saturated carbocycles. The van der Waals surface area contributed by atoms with Gasteiger partial charge in [-0.25, -0.2) is 9.97 Å². The van der Waals surface area contributed by atoms with Crippen LogP contribution in [0.3, 0.4) is 0 Å². The minimum absolute atomic E-state index is 0.565. The first-order valence-electron chi connectivity index (χ1n) is 6.85. The zero-order valence-corrected chi connectivity index (χ0v) is 14.8. The van der Waals surface area contributed by atoms with Gasteiger partial charge in [0.25, 0.3) is 0 Å². The van der Waals surface area contributed by atoms with Crippen molar-refractivity contribution in [2.24, 2.45) is 0 Å². The molecule has 0 bridgehead atoms. The van der Waals surface area contributed by atoms with Crippen molar-refractivity contribution in [1.29, 1.82) is 0 Å². The Hall–Kier alpha value is -0.910. The van der Waals surface area contributed by atoms with Gasteiger partial charge in [0.1, 0.15) is 11.3 Å². The highest BCUT2D eigenvalue weighted by atomic mass is 79.9. The fraction of sp³-hybridized carbons (Fsp3) is 0.333. The molecule has 0 amide bonds. The van der Waals surface area contributed by atoms with Gasteiger partial charge in [0.05, 0.1) is 6.54 Å². The molecular weight excluding hydrogens is 370 g/mol. The van der Waals surface area contributed by atoms with Gasteiger partial charge in [0, 0.05) is 32.7 Å². The van der Waals surface area contributed by atoms with Crippen LogP contribution in [0.1, 0.15) is 22.5 Å². The van der Waals surface area contributed by atoms with Crippen molar-refractivity contribution < 1.29 is 0 Å².